The lowest BCUT2D eigenvalue weighted by Crippen LogP contribution is -2.16. The van der Waals surface area contributed by atoms with Crippen molar-refractivity contribution in [3.05, 3.63) is 29.6 Å². The summed E-state index contributed by atoms with van der Waals surface area (Å²) in [7, 11) is 0. The summed E-state index contributed by atoms with van der Waals surface area (Å²) < 4.78 is 13.0. The van der Waals surface area contributed by atoms with Crippen molar-refractivity contribution in [1.82, 2.24) is 0 Å². The average Bonchev–Trinajstić information content (AvgIpc) is 2.40. The molecule has 0 radical (unpaired) electrons. The summed E-state index contributed by atoms with van der Waals surface area (Å²) in [4.78, 5) is 11.9. The fourth-order valence-electron chi connectivity index (χ4n) is 2.39. The normalized spacial score (nSPS) is 12.2. The summed E-state index contributed by atoms with van der Waals surface area (Å²) in [6, 6.07) is 4.38. The molecule has 0 aromatic heterocycles. The van der Waals surface area contributed by atoms with Crippen molar-refractivity contribution in [2.24, 2.45) is 11.7 Å². The molecule has 0 aliphatic carbocycles. The zero-order valence-electron chi connectivity index (χ0n) is 12.4. The Bertz CT molecular complexity index is 428. The lowest BCUT2D eigenvalue weighted by atomic mass is 9.94. The van der Waals surface area contributed by atoms with Crippen molar-refractivity contribution in [2.75, 3.05) is 11.9 Å². The number of nitrogens with two attached hydrogens (primary N) is 1. The first-order chi connectivity index (χ1) is 9.56. The molecule has 0 fully saturated rings. The summed E-state index contributed by atoms with van der Waals surface area (Å²) in [6.45, 7) is 4.60. The van der Waals surface area contributed by atoms with Gasteiger partial charge in [-0.1, -0.05) is 19.8 Å². The van der Waals surface area contributed by atoms with E-state index in [1.54, 1.807) is 13.0 Å². The molecule has 20 heavy (non-hydrogen) atoms. The van der Waals surface area contributed by atoms with Gasteiger partial charge in [-0.05, 0) is 56.0 Å². The molecule has 1 atom stereocenters. The maximum atomic E-state index is 13.0. The molecule has 0 aliphatic rings. The molecule has 1 unspecified atom stereocenters. The Labute approximate surface area is 120 Å². The van der Waals surface area contributed by atoms with E-state index in [0.717, 1.165) is 31.2 Å². The monoisotopic (exact) mass is 280 g/mol. The van der Waals surface area contributed by atoms with Crippen molar-refractivity contribution in [3.8, 4) is 0 Å². The van der Waals surface area contributed by atoms with Gasteiger partial charge in [0, 0.05) is 12.1 Å². The van der Waals surface area contributed by atoms with Crippen LogP contribution in [0.2, 0.25) is 0 Å². The zero-order valence-corrected chi connectivity index (χ0v) is 12.4. The number of aryl methyl sites for hydroxylation is 1. The number of carbonyl (C=O) groups is 1. The van der Waals surface area contributed by atoms with Gasteiger partial charge in [-0.25, -0.2) is 4.39 Å². The molecule has 0 saturated carbocycles. The van der Waals surface area contributed by atoms with E-state index in [1.807, 2.05) is 0 Å². The summed E-state index contributed by atoms with van der Waals surface area (Å²) in [5, 5.41) is 2.84. The highest BCUT2D eigenvalue weighted by molar-refractivity contribution is 5.91. The van der Waals surface area contributed by atoms with E-state index in [9.17, 15) is 9.18 Å². The van der Waals surface area contributed by atoms with Crippen LogP contribution in [0.5, 0.6) is 0 Å². The van der Waals surface area contributed by atoms with Crippen LogP contribution in [0, 0.1) is 18.7 Å². The Morgan fingerprint density at radius 1 is 1.35 bits per heavy atom. The Morgan fingerprint density at radius 2 is 2.10 bits per heavy atom. The molecule has 1 rings (SSSR count). The van der Waals surface area contributed by atoms with Gasteiger partial charge in [0.05, 0.1) is 0 Å². The number of benzene rings is 1. The third kappa shape index (κ3) is 5.70. The molecule has 1 amide bonds. The molecule has 1 aromatic rings. The van der Waals surface area contributed by atoms with Crippen LogP contribution in [0.15, 0.2) is 18.2 Å². The molecule has 3 N–H and O–H groups in total. The number of hydrogen-bond donors (Lipinski definition) is 2. The molecular weight excluding hydrogens is 255 g/mol. The standard InChI is InChI=1S/C16H25FN2O/c1-3-4-13(9-10-18)5-8-16(20)19-15-7-6-14(17)11-12(15)2/h6-7,11,13H,3-5,8-10,18H2,1-2H3,(H,19,20). The maximum absolute atomic E-state index is 13.0. The quantitative estimate of drug-likeness (QED) is 0.764. The number of nitrogens with one attached hydrogen (secondary N) is 1. The maximum Gasteiger partial charge on any atom is 0.224 e. The van der Waals surface area contributed by atoms with E-state index >= 15 is 0 Å². The van der Waals surface area contributed by atoms with Crippen LogP contribution in [-0.2, 0) is 4.79 Å². The van der Waals surface area contributed by atoms with Crippen LogP contribution < -0.4 is 11.1 Å². The number of carbonyl (C=O) groups excluding carboxylic acids is 1. The molecule has 1 aromatic carbocycles. The van der Waals surface area contributed by atoms with Crippen molar-refractivity contribution < 1.29 is 9.18 Å². The predicted octanol–water partition coefficient (Wildman–Crippen LogP) is 3.62. The Kier molecular flexibility index (Phi) is 7.23. The van der Waals surface area contributed by atoms with Crippen LogP contribution in [-0.4, -0.2) is 12.5 Å². The van der Waals surface area contributed by atoms with E-state index in [2.05, 4.69) is 12.2 Å². The highest BCUT2D eigenvalue weighted by Gasteiger charge is 2.11. The minimum atomic E-state index is -0.286. The molecule has 112 valence electrons. The van der Waals surface area contributed by atoms with Crippen molar-refractivity contribution >= 4 is 11.6 Å². The molecule has 3 nitrogen and oxygen atoms in total. The van der Waals surface area contributed by atoms with Crippen molar-refractivity contribution in [2.45, 2.75) is 46.0 Å². The Balaban J connectivity index is 2.46. The Hall–Kier alpha value is -1.42. The summed E-state index contributed by atoms with van der Waals surface area (Å²) in [5.41, 5.74) is 7.01. The van der Waals surface area contributed by atoms with Gasteiger partial charge in [0.1, 0.15) is 5.82 Å². The highest BCUT2D eigenvalue weighted by atomic mass is 19.1. The fraction of sp³-hybridized carbons (Fsp3) is 0.562. The third-order valence-corrected chi connectivity index (χ3v) is 3.51. The van der Waals surface area contributed by atoms with Crippen molar-refractivity contribution in [1.29, 1.82) is 0 Å². The van der Waals surface area contributed by atoms with Gasteiger partial charge in [-0.15, -0.1) is 0 Å². The van der Waals surface area contributed by atoms with E-state index in [1.165, 1.54) is 12.1 Å². The second-order valence-corrected chi connectivity index (χ2v) is 5.28. The number of anilines is 1. The lowest BCUT2D eigenvalue weighted by molar-refractivity contribution is -0.116. The summed E-state index contributed by atoms with van der Waals surface area (Å²) in [5.74, 6) is 0.217. The van der Waals surface area contributed by atoms with Gasteiger partial charge in [0.2, 0.25) is 5.91 Å². The number of amides is 1. The minimum absolute atomic E-state index is 0.0159. The molecule has 0 aliphatic heterocycles. The molecule has 0 spiro atoms. The lowest BCUT2D eigenvalue weighted by Gasteiger charge is -2.15. The third-order valence-electron chi connectivity index (χ3n) is 3.51. The molecule has 0 heterocycles. The average molecular weight is 280 g/mol. The number of halogens is 1. The number of hydrogen-bond acceptors (Lipinski definition) is 2. The van der Waals surface area contributed by atoms with Crippen molar-refractivity contribution in [3.63, 3.8) is 0 Å². The molecular formula is C16H25FN2O. The van der Waals surface area contributed by atoms with Crippen LogP contribution in [0.4, 0.5) is 10.1 Å². The van der Waals surface area contributed by atoms with Crippen LogP contribution in [0.25, 0.3) is 0 Å². The van der Waals surface area contributed by atoms with Gasteiger partial charge in [-0.3, -0.25) is 4.79 Å². The largest absolute Gasteiger partial charge is 0.330 e. The second kappa shape index (κ2) is 8.69. The first-order valence-corrected chi connectivity index (χ1v) is 7.32. The fourth-order valence-corrected chi connectivity index (χ4v) is 2.39. The topological polar surface area (TPSA) is 55.1 Å². The minimum Gasteiger partial charge on any atom is -0.330 e. The van der Waals surface area contributed by atoms with E-state index in [0.29, 0.717) is 24.6 Å². The Morgan fingerprint density at radius 3 is 2.70 bits per heavy atom. The molecule has 4 heteroatoms. The van der Waals surface area contributed by atoms with Crippen LogP contribution in [0.1, 0.15) is 44.6 Å². The van der Waals surface area contributed by atoms with Gasteiger partial charge in [0.25, 0.3) is 0 Å². The van der Waals surface area contributed by atoms with E-state index in [4.69, 9.17) is 5.73 Å². The first-order valence-electron chi connectivity index (χ1n) is 7.32. The van der Waals surface area contributed by atoms with Gasteiger partial charge in [0.15, 0.2) is 0 Å². The molecule has 0 saturated heterocycles. The predicted molar refractivity (Wildman–Crippen MR) is 81.1 cm³/mol. The summed E-state index contributed by atoms with van der Waals surface area (Å²) >= 11 is 0. The summed E-state index contributed by atoms with van der Waals surface area (Å²) in [6.07, 6.45) is 4.54. The smallest absolute Gasteiger partial charge is 0.224 e. The molecule has 0 bridgehead atoms. The number of rotatable bonds is 8. The van der Waals surface area contributed by atoms with E-state index in [-0.39, 0.29) is 11.7 Å². The van der Waals surface area contributed by atoms with Gasteiger partial charge < -0.3 is 11.1 Å². The van der Waals surface area contributed by atoms with Crippen LogP contribution >= 0.6 is 0 Å². The first kappa shape index (κ1) is 16.6. The van der Waals surface area contributed by atoms with Gasteiger partial charge in [-0.2, -0.15) is 0 Å². The van der Waals surface area contributed by atoms with Crippen LogP contribution in [0.3, 0.4) is 0 Å². The van der Waals surface area contributed by atoms with E-state index < -0.39 is 0 Å². The van der Waals surface area contributed by atoms with Gasteiger partial charge >= 0.3 is 0 Å². The second-order valence-electron chi connectivity index (χ2n) is 5.28. The SMILES string of the molecule is CCCC(CCN)CCC(=O)Nc1ccc(F)cc1C. The highest BCUT2D eigenvalue weighted by Crippen LogP contribution is 2.19. The zero-order chi connectivity index (χ0) is 15.0.